The lowest BCUT2D eigenvalue weighted by Crippen LogP contribution is -2.11. The lowest BCUT2D eigenvalue weighted by Gasteiger charge is -2.05. The molecule has 4 nitrogen and oxygen atoms in total. The molecule has 1 aromatic carbocycles. The molecule has 0 atom stereocenters. The zero-order chi connectivity index (χ0) is 13.2. The molecule has 0 aliphatic rings. The van der Waals surface area contributed by atoms with E-state index in [0.717, 1.165) is 30.0 Å². The van der Waals surface area contributed by atoms with Crippen molar-refractivity contribution in [2.45, 2.75) is 19.3 Å². The number of rotatable bonds is 8. The van der Waals surface area contributed by atoms with Crippen molar-refractivity contribution in [3.63, 3.8) is 0 Å². The third-order valence-electron chi connectivity index (χ3n) is 2.33. The Morgan fingerprint density at radius 2 is 1.89 bits per heavy atom. The molecule has 0 spiro atoms. The fraction of sp³-hybridized carbons (Fsp3) is 0.462. The van der Waals surface area contributed by atoms with Gasteiger partial charge < -0.3 is 16.2 Å². The summed E-state index contributed by atoms with van der Waals surface area (Å²) in [4.78, 5) is 11.6. The molecule has 1 aromatic rings. The van der Waals surface area contributed by atoms with Crippen molar-refractivity contribution in [3.05, 3.63) is 24.3 Å². The third kappa shape index (κ3) is 6.51. The SMILES string of the molecule is Nc1ccc(NC(=O)CCCSCCCO)cc1. The fourth-order valence-electron chi connectivity index (χ4n) is 1.39. The third-order valence-corrected chi connectivity index (χ3v) is 3.49. The number of nitrogens with one attached hydrogen (secondary N) is 1. The highest BCUT2D eigenvalue weighted by atomic mass is 32.2. The van der Waals surface area contributed by atoms with E-state index in [1.807, 2.05) is 0 Å². The van der Waals surface area contributed by atoms with Crippen molar-refractivity contribution >= 4 is 29.0 Å². The van der Waals surface area contributed by atoms with Gasteiger partial charge in [-0.3, -0.25) is 4.79 Å². The number of amides is 1. The van der Waals surface area contributed by atoms with E-state index >= 15 is 0 Å². The molecule has 0 saturated carbocycles. The number of hydrogen-bond acceptors (Lipinski definition) is 4. The molecule has 0 bridgehead atoms. The Labute approximate surface area is 112 Å². The van der Waals surface area contributed by atoms with Gasteiger partial charge in [-0.1, -0.05) is 0 Å². The Kier molecular flexibility index (Phi) is 7.29. The first-order valence-electron chi connectivity index (χ1n) is 6.06. The summed E-state index contributed by atoms with van der Waals surface area (Å²) in [7, 11) is 0. The molecule has 0 fully saturated rings. The number of aliphatic hydroxyl groups excluding tert-OH is 1. The second-order valence-corrected chi connectivity index (χ2v) is 5.19. The van der Waals surface area contributed by atoms with Crippen LogP contribution >= 0.6 is 11.8 Å². The van der Waals surface area contributed by atoms with Gasteiger partial charge in [0.05, 0.1) is 0 Å². The Bertz CT molecular complexity index is 355. The zero-order valence-corrected chi connectivity index (χ0v) is 11.2. The van der Waals surface area contributed by atoms with Gasteiger partial charge in [-0.2, -0.15) is 11.8 Å². The van der Waals surface area contributed by atoms with E-state index in [2.05, 4.69) is 5.32 Å². The molecule has 100 valence electrons. The molecule has 0 unspecified atom stereocenters. The summed E-state index contributed by atoms with van der Waals surface area (Å²) in [6.07, 6.45) is 2.20. The number of nitrogens with two attached hydrogens (primary N) is 1. The molecule has 1 rings (SSSR count). The predicted octanol–water partition coefficient (Wildman–Crippen LogP) is 2.10. The number of nitrogen functional groups attached to an aromatic ring is 1. The monoisotopic (exact) mass is 268 g/mol. The van der Waals surface area contributed by atoms with Gasteiger partial charge in [0.15, 0.2) is 0 Å². The van der Waals surface area contributed by atoms with Crippen LogP contribution in [0.15, 0.2) is 24.3 Å². The maximum absolute atomic E-state index is 11.6. The summed E-state index contributed by atoms with van der Waals surface area (Å²) in [5.41, 5.74) is 7.03. The quantitative estimate of drug-likeness (QED) is 0.498. The van der Waals surface area contributed by atoms with E-state index in [1.165, 1.54) is 0 Å². The van der Waals surface area contributed by atoms with Gasteiger partial charge in [0.2, 0.25) is 5.91 Å². The first-order valence-corrected chi connectivity index (χ1v) is 7.22. The Morgan fingerprint density at radius 3 is 2.56 bits per heavy atom. The molecular formula is C13H20N2O2S. The van der Waals surface area contributed by atoms with Gasteiger partial charge in [-0.15, -0.1) is 0 Å². The molecule has 18 heavy (non-hydrogen) atoms. The van der Waals surface area contributed by atoms with E-state index in [4.69, 9.17) is 10.8 Å². The lowest BCUT2D eigenvalue weighted by atomic mass is 10.2. The zero-order valence-electron chi connectivity index (χ0n) is 10.4. The summed E-state index contributed by atoms with van der Waals surface area (Å²) < 4.78 is 0. The van der Waals surface area contributed by atoms with Crippen LogP contribution in [0.1, 0.15) is 19.3 Å². The Morgan fingerprint density at radius 1 is 1.22 bits per heavy atom. The van der Waals surface area contributed by atoms with Crippen LogP contribution in [0.4, 0.5) is 11.4 Å². The molecule has 0 saturated heterocycles. The standard InChI is InChI=1S/C13H20N2O2S/c14-11-4-6-12(7-5-11)15-13(17)3-1-9-18-10-2-8-16/h4-7,16H,1-3,8-10,14H2,(H,15,17). The number of carbonyl (C=O) groups is 1. The van der Waals surface area contributed by atoms with Crippen molar-refractivity contribution in [2.75, 3.05) is 29.2 Å². The number of anilines is 2. The lowest BCUT2D eigenvalue weighted by molar-refractivity contribution is -0.116. The molecular weight excluding hydrogens is 248 g/mol. The predicted molar refractivity (Wildman–Crippen MR) is 77.7 cm³/mol. The number of carbonyl (C=O) groups excluding carboxylic acids is 1. The minimum Gasteiger partial charge on any atom is -0.399 e. The van der Waals surface area contributed by atoms with Crippen LogP contribution in [0.25, 0.3) is 0 Å². The summed E-state index contributed by atoms with van der Waals surface area (Å²) >= 11 is 1.77. The normalized spacial score (nSPS) is 10.3. The van der Waals surface area contributed by atoms with Crippen molar-refractivity contribution in [1.82, 2.24) is 0 Å². The van der Waals surface area contributed by atoms with Gasteiger partial charge in [-0.05, 0) is 48.6 Å². The first-order chi connectivity index (χ1) is 8.72. The van der Waals surface area contributed by atoms with Gasteiger partial charge in [0, 0.05) is 24.4 Å². The van der Waals surface area contributed by atoms with Crippen molar-refractivity contribution in [2.24, 2.45) is 0 Å². The summed E-state index contributed by atoms with van der Waals surface area (Å²) in [5, 5.41) is 11.4. The fourth-order valence-corrected chi connectivity index (χ4v) is 2.28. The van der Waals surface area contributed by atoms with Crippen LogP contribution in [-0.2, 0) is 4.79 Å². The highest BCUT2D eigenvalue weighted by molar-refractivity contribution is 7.99. The largest absolute Gasteiger partial charge is 0.399 e. The molecule has 0 aliphatic carbocycles. The van der Waals surface area contributed by atoms with E-state index in [9.17, 15) is 4.79 Å². The van der Waals surface area contributed by atoms with E-state index < -0.39 is 0 Å². The number of benzene rings is 1. The number of hydrogen-bond donors (Lipinski definition) is 3. The number of thioether (sulfide) groups is 1. The second kappa shape index (κ2) is 8.83. The summed E-state index contributed by atoms with van der Waals surface area (Å²) in [6.45, 7) is 0.241. The van der Waals surface area contributed by atoms with E-state index in [-0.39, 0.29) is 12.5 Å². The van der Waals surface area contributed by atoms with Gasteiger partial charge in [-0.25, -0.2) is 0 Å². The van der Waals surface area contributed by atoms with Crippen LogP contribution in [0.5, 0.6) is 0 Å². The summed E-state index contributed by atoms with van der Waals surface area (Å²) in [6, 6.07) is 7.12. The van der Waals surface area contributed by atoms with Gasteiger partial charge >= 0.3 is 0 Å². The molecule has 0 radical (unpaired) electrons. The highest BCUT2D eigenvalue weighted by Crippen LogP contribution is 2.12. The maximum atomic E-state index is 11.6. The van der Waals surface area contributed by atoms with Crippen molar-refractivity contribution in [1.29, 1.82) is 0 Å². The van der Waals surface area contributed by atoms with Crippen LogP contribution < -0.4 is 11.1 Å². The number of aliphatic hydroxyl groups is 1. The highest BCUT2D eigenvalue weighted by Gasteiger charge is 2.01. The minimum atomic E-state index is 0.0301. The van der Waals surface area contributed by atoms with Crippen LogP contribution in [0.2, 0.25) is 0 Å². The first kappa shape index (κ1) is 14.9. The van der Waals surface area contributed by atoms with Crippen molar-refractivity contribution in [3.8, 4) is 0 Å². The van der Waals surface area contributed by atoms with Crippen LogP contribution in [0, 0.1) is 0 Å². The molecule has 1 amide bonds. The molecule has 0 heterocycles. The van der Waals surface area contributed by atoms with Crippen molar-refractivity contribution < 1.29 is 9.90 Å². The minimum absolute atomic E-state index is 0.0301. The average molecular weight is 268 g/mol. The van der Waals surface area contributed by atoms with Crippen LogP contribution in [0.3, 0.4) is 0 Å². The van der Waals surface area contributed by atoms with Gasteiger partial charge in [0.1, 0.15) is 0 Å². The molecule has 5 heteroatoms. The maximum Gasteiger partial charge on any atom is 0.224 e. The molecule has 0 aromatic heterocycles. The smallest absolute Gasteiger partial charge is 0.224 e. The topological polar surface area (TPSA) is 75.3 Å². The molecule has 4 N–H and O–H groups in total. The molecule has 0 aliphatic heterocycles. The average Bonchev–Trinajstić information content (AvgIpc) is 2.36. The van der Waals surface area contributed by atoms with Crippen LogP contribution in [-0.4, -0.2) is 29.1 Å². The van der Waals surface area contributed by atoms with E-state index in [1.54, 1.807) is 36.0 Å². The Hall–Kier alpha value is -1.20. The van der Waals surface area contributed by atoms with Gasteiger partial charge in [0.25, 0.3) is 0 Å². The van der Waals surface area contributed by atoms with E-state index in [0.29, 0.717) is 12.1 Å². The summed E-state index contributed by atoms with van der Waals surface area (Å²) in [5.74, 6) is 1.94. The Balaban J connectivity index is 2.12. The second-order valence-electron chi connectivity index (χ2n) is 3.96.